The predicted molar refractivity (Wildman–Crippen MR) is 127 cm³/mol. The van der Waals surface area contributed by atoms with E-state index in [2.05, 4.69) is 22.2 Å². The van der Waals surface area contributed by atoms with Crippen LogP contribution in [0.4, 0.5) is 5.69 Å². The van der Waals surface area contributed by atoms with Crippen LogP contribution in [0.25, 0.3) is 0 Å². The molecule has 33 heavy (non-hydrogen) atoms. The summed E-state index contributed by atoms with van der Waals surface area (Å²) in [6.07, 6.45) is 0. The SMILES string of the molecule is CC(=O)Oc1cc(NCc2cc(C)cc(Cl)c2O)ccc1C(=O)OCCN1CCN(C)CC1. The van der Waals surface area contributed by atoms with Crippen molar-refractivity contribution in [3.05, 3.63) is 52.0 Å². The number of hydrogen-bond acceptors (Lipinski definition) is 8. The number of benzene rings is 2. The van der Waals surface area contributed by atoms with Gasteiger partial charge in [-0.15, -0.1) is 0 Å². The van der Waals surface area contributed by atoms with Gasteiger partial charge < -0.3 is 24.8 Å². The van der Waals surface area contributed by atoms with E-state index in [4.69, 9.17) is 21.1 Å². The summed E-state index contributed by atoms with van der Waals surface area (Å²) in [5.74, 6) is -0.962. The van der Waals surface area contributed by atoms with E-state index < -0.39 is 11.9 Å². The number of nitrogens with one attached hydrogen (secondary N) is 1. The first kappa shape index (κ1) is 24.8. The zero-order chi connectivity index (χ0) is 24.0. The zero-order valence-electron chi connectivity index (χ0n) is 19.2. The Balaban J connectivity index is 1.64. The minimum Gasteiger partial charge on any atom is -0.506 e. The fourth-order valence-electron chi connectivity index (χ4n) is 3.60. The lowest BCUT2D eigenvalue weighted by molar-refractivity contribution is -0.131. The van der Waals surface area contributed by atoms with E-state index in [1.54, 1.807) is 24.3 Å². The molecule has 3 rings (SSSR count). The molecule has 0 bridgehead atoms. The monoisotopic (exact) mass is 475 g/mol. The number of hydrogen-bond donors (Lipinski definition) is 2. The molecule has 0 atom stereocenters. The number of phenolic OH excluding ortho intramolecular Hbond substituents is 1. The van der Waals surface area contributed by atoms with Crippen LogP contribution in [0.15, 0.2) is 30.3 Å². The van der Waals surface area contributed by atoms with Crippen LogP contribution in [0.3, 0.4) is 0 Å². The number of phenols is 1. The molecule has 0 aromatic heterocycles. The van der Waals surface area contributed by atoms with Gasteiger partial charge in [0.05, 0.1) is 5.02 Å². The minimum absolute atomic E-state index is 0.00974. The lowest BCUT2D eigenvalue weighted by atomic mass is 10.1. The standard InChI is InChI=1S/C24H30ClN3O5/c1-16-12-18(23(30)21(25)13-16)15-26-19-4-5-20(22(14-19)33-17(2)29)24(31)32-11-10-28-8-6-27(3)7-9-28/h4-5,12-14,26,30H,6-11,15H2,1-3H3. The first-order valence-corrected chi connectivity index (χ1v) is 11.2. The van der Waals surface area contributed by atoms with Crippen molar-refractivity contribution in [2.24, 2.45) is 0 Å². The van der Waals surface area contributed by atoms with E-state index in [1.807, 2.05) is 13.0 Å². The first-order valence-electron chi connectivity index (χ1n) is 10.9. The molecule has 8 nitrogen and oxygen atoms in total. The van der Waals surface area contributed by atoms with Gasteiger partial charge in [-0.25, -0.2) is 4.79 Å². The number of rotatable bonds is 8. The van der Waals surface area contributed by atoms with Gasteiger partial charge in [-0.05, 0) is 37.7 Å². The van der Waals surface area contributed by atoms with Gasteiger partial charge in [0.2, 0.25) is 0 Å². The van der Waals surface area contributed by atoms with E-state index in [0.717, 1.165) is 31.7 Å². The van der Waals surface area contributed by atoms with Gasteiger partial charge in [-0.1, -0.05) is 17.7 Å². The van der Waals surface area contributed by atoms with Crippen LogP contribution in [-0.4, -0.2) is 73.2 Å². The van der Waals surface area contributed by atoms with Crippen molar-refractivity contribution < 1.29 is 24.2 Å². The highest BCUT2D eigenvalue weighted by molar-refractivity contribution is 6.32. The summed E-state index contributed by atoms with van der Waals surface area (Å²) in [5.41, 5.74) is 2.33. The molecule has 0 aliphatic carbocycles. The number of carbonyl (C=O) groups is 2. The lowest BCUT2D eigenvalue weighted by Gasteiger charge is -2.32. The number of aromatic hydroxyl groups is 1. The van der Waals surface area contributed by atoms with Gasteiger partial charge in [0, 0.05) is 63.5 Å². The number of halogens is 1. The van der Waals surface area contributed by atoms with Gasteiger partial charge in [0.1, 0.15) is 23.7 Å². The van der Waals surface area contributed by atoms with Gasteiger partial charge >= 0.3 is 11.9 Å². The Morgan fingerprint density at radius 2 is 1.88 bits per heavy atom. The van der Waals surface area contributed by atoms with Crippen molar-refractivity contribution >= 4 is 29.2 Å². The van der Waals surface area contributed by atoms with Gasteiger partial charge in [0.15, 0.2) is 0 Å². The molecule has 1 aliphatic heterocycles. The summed E-state index contributed by atoms with van der Waals surface area (Å²) in [4.78, 5) is 28.7. The highest BCUT2D eigenvalue weighted by Gasteiger charge is 2.18. The molecule has 0 spiro atoms. The van der Waals surface area contributed by atoms with Crippen LogP contribution in [0.2, 0.25) is 5.02 Å². The number of piperazine rings is 1. The minimum atomic E-state index is -0.546. The Morgan fingerprint density at radius 1 is 1.15 bits per heavy atom. The summed E-state index contributed by atoms with van der Waals surface area (Å²) < 4.78 is 10.7. The molecule has 1 heterocycles. The molecule has 1 fully saturated rings. The summed E-state index contributed by atoms with van der Waals surface area (Å²) in [6, 6.07) is 8.32. The molecule has 2 N–H and O–H groups in total. The first-order chi connectivity index (χ1) is 15.7. The smallest absolute Gasteiger partial charge is 0.341 e. The van der Waals surface area contributed by atoms with Crippen molar-refractivity contribution in [3.8, 4) is 11.5 Å². The molecule has 9 heteroatoms. The number of nitrogens with zero attached hydrogens (tertiary/aromatic N) is 2. The fraction of sp³-hybridized carbons (Fsp3) is 0.417. The third-order valence-corrected chi connectivity index (χ3v) is 5.75. The van der Waals surface area contributed by atoms with Crippen LogP contribution >= 0.6 is 11.6 Å². The van der Waals surface area contributed by atoms with Crippen molar-refractivity contribution in [2.75, 3.05) is 51.7 Å². The Bertz CT molecular complexity index is 1010. The topological polar surface area (TPSA) is 91.3 Å². The molecule has 1 aliphatic rings. The van der Waals surface area contributed by atoms with Crippen LogP contribution in [0.1, 0.15) is 28.4 Å². The van der Waals surface area contributed by atoms with Gasteiger partial charge in [-0.2, -0.15) is 0 Å². The molecule has 0 saturated carbocycles. The Kier molecular flexibility index (Phi) is 8.55. The number of anilines is 1. The maximum absolute atomic E-state index is 12.6. The lowest BCUT2D eigenvalue weighted by Crippen LogP contribution is -2.45. The molecule has 2 aromatic rings. The van der Waals surface area contributed by atoms with Crippen molar-refractivity contribution in [3.63, 3.8) is 0 Å². The molecule has 1 saturated heterocycles. The van der Waals surface area contributed by atoms with Crippen molar-refractivity contribution in [1.82, 2.24) is 9.80 Å². The van der Waals surface area contributed by atoms with Crippen LogP contribution in [0.5, 0.6) is 11.5 Å². The van der Waals surface area contributed by atoms with Gasteiger partial charge in [-0.3, -0.25) is 9.69 Å². The van der Waals surface area contributed by atoms with Crippen molar-refractivity contribution in [2.45, 2.75) is 20.4 Å². The molecular formula is C24H30ClN3O5. The molecule has 178 valence electrons. The average Bonchev–Trinajstić information content (AvgIpc) is 2.76. The second-order valence-corrected chi connectivity index (χ2v) is 8.60. The van der Waals surface area contributed by atoms with Crippen LogP contribution in [0, 0.1) is 6.92 Å². The van der Waals surface area contributed by atoms with E-state index in [9.17, 15) is 14.7 Å². The average molecular weight is 476 g/mol. The molecule has 0 amide bonds. The predicted octanol–water partition coefficient (Wildman–Crippen LogP) is 3.30. The van der Waals surface area contributed by atoms with E-state index in [0.29, 0.717) is 24.3 Å². The summed E-state index contributed by atoms with van der Waals surface area (Å²) >= 11 is 6.04. The summed E-state index contributed by atoms with van der Waals surface area (Å²) in [7, 11) is 2.09. The summed E-state index contributed by atoms with van der Waals surface area (Å²) in [6.45, 7) is 8.23. The largest absolute Gasteiger partial charge is 0.506 e. The van der Waals surface area contributed by atoms with E-state index in [1.165, 1.54) is 6.92 Å². The third kappa shape index (κ3) is 7.08. The normalized spacial score (nSPS) is 14.7. The Hall–Kier alpha value is -2.81. The van der Waals surface area contributed by atoms with Crippen molar-refractivity contribution in [1.29, 1.82) is 0 Å². The highest BCUT2D eigenvalue weighted by Crippen LogP contribution is 2.30. The maximum atomic E-state index is 12.6. The van der Waals surface area contributed by atoms with E-state index >= 15 is 0 Å². The molecule has 0 unspecified atom stereocenters. The number of esters is 2. The summed E-state index contributed by atoms with van der Waals surface area (Å²) in [5, 5.41) is 13.6. The second kappa shape index (κ2) is 11.4. The Morgan fingerprint density at radius 3 is 2.58 bits per heavy atom. The maximum Gasteiger partial charge on any atom is 0.341 e. The number of ether oxygens (including phenoxy) is 2. The highest BCUT2D eigenvalue weighted by atomic mass is 35.5. The van der Waals surface area contributed by atoms with Crippen LogP contribution in [-0.2, 0) is 16.1 Å². The number of aryl methyl sites for hydroxylation is 1. The molecular weight excluding hydrogens is 446 g/mol. The zero-order valence-corrected chi connectivity index (χ0v) is 19.9. The van der Waals surface area contributed by atoms with Crippen LogP contribution < -0.4 is 10.1 Å². The fourth-order valence-corrected chi connectivity index (χ4v) is 3.89. The Labute approximate surface area is 199 Å². The van der Waals surface area contributed by atoms with Gasteiger partial charge in [0.25, 0.3) is 0 Å². The van der Waals surface area contributed by atoms with E-state index in [-0.39, 0.29) is 28.7 Å². The quantitative estimate of drug-likeness (QED) is 0.444. The second-order valence-electron chi connectivity index (χ2n) is 8.19. The number of likely N-dealkylation sites (N-methyl/N-ethyl adjacent to an activating group) is 1. The molecule has 0 radical (unpaired) electrons. The third-order valence-electron chi connectivity index (χ3n) is 5.46. The number of carbonyl (C=O) groups excluding carboxylic acids is 2. The molecule has 2 aromatic carbocycles.